The first-order valence-corrected chi connectivity index (χ1v) is 11.1. The van der Waals surface area contributed by atoms with Gasteiger partial charge >= 0.3 is 0 Å². The van der Waals surface area contributed by atoms with E-state index in [-0.39, 0.29) is 23.6 Å². The number of carbonyl (C=O) groups excluding carboxylic acids is 3. The first-order valence-electron chi connectivity index (χ1n) is 11.1. The third kappa shape index (κ3) is 6.32. The molecule has 33 heavy (non-hydrogen) atoms. The summed E-state index contributed by atoms with van der Waals surface area (Å²) >= 11 is 0. The highest BCUT2D eigenvalue weighted by molar-refractivity contribution is 5.98. The molecule has 176 valence electrons. The van der Waals surface area contributed by atoms with Crippen LogP contribution in [-0.2, 0) is 9.53 Å². The van der Waals surface area contributed by atoms with E-state index < -0.39 is 6.04 Å². The summed E-state index contributed by atoms with van der Waals surface area (Å²) in [6.07, 6.45) is 1.19. The van der Waals surface area contributed by atoms with Crippen molar-refractivity contribution in [1.82, 2.24) is 15.5 Å². The summed E-state index contributed by atoms with van der Waals surface area (Å²) in [6.45, 7) is 1.73. The van der Waals surface area contributed by atoms with Gasteiger partial charge in [0.05, 0.1) is 19.3 Å². The molecule has 0 saturated carbocycles. The van der Waals surface area contributed by atoms with Crippen molar-refractivity contribution in [3.8, 4) is 5.75 Å². The van der Waals surface area contributed by atoms with E-state index >= 15 is 0 Å². The van der Waals surface area contributed by atoms with Crippen LogP contribution in [0.25, 0.3) is 0 Å². The van der Waals surface area contributed by atoms with Crippen molar-refractivity contribution >= 4 is 17.7 Å². The van der Waals surface area contributed by atoms with Crippen LogP contribution in [0, 0.1) is 5.92 Å². The molecule has 1 aliphatic rings. The van der Waals surface area contributed by atoms with E-state index in [2.05, 4.69) is 10.6 Å². The first kappa shape index (κ1) is 24.3. The van der Waals surface area contributed by atoms with E-state index in [0.717, 1.165) is 0 Å². The van der Waals surface area contributed by atoms with Crippen molar-refractivity contribution in [2.24, 2.45) is 5.92 Å². The Kier molecular flexibility index (Phi) is 8.83. The van der Waals surface area contributed by atoms with E-state index in [1.165, 1.54) is 0 Å². The molecule has 0 bridgehead atoms. The highest BCUT2D eigenvalue weighted by Crippen LogP contribution is 2.25. The molecule has 1 unspecified atom stereocenters. The lowest BCUT2D eigenvalue weighted by molar-refractivity contribution is -0.124. The zero-order valence-corrected chi connectivity index (χ0v) is 19.1. The fourth-order valence-electron chi connectivity index (χ4n) is 4.03. The molecule has 1 fully saturated rings. The van der Waals surface area contributed by atoms with E-state index in [1.807, 2.05) is 18.2 Å². The predicted molar refractivity (Wildman–Crippen MR) is 124 cm³/mol. The van der Waals surface area contributed by atoms with Crippen LogP contribution in [0.4, 0.5) is 0 Å². The van der Waals surface area contributed by atoms with Gasteiger partial charge in [0.2, 0.25) is 5.91 Å². The van der Waals surface area contributed by atoms with Crippen molar-refractivity contribution < 1.29 is 23.9 Å². The Morgan fingerprint density at radius 1 is 1.00 bits per heavy atom. The zero-order chi connectivity index (χ0) is 23.6. The number of hydrogen-bond donors (Lipinski definition) is 2. The molecule has 0 aromatic heterocycles. The molecular weight excluding hydrogens is 422 g/mol. The fraction of sp³-hybridized carbons (Fsp3) is 0.400. The second-order valence-electron chi connectivity index (χ2n) is 7.93. The number of rotatable bonds is 9. The monoisotopic (exact) mass is 453 g/mol. The summed E-state index contributed by atoms with van der Waals surface area (Å²) < 4.78 is 10.3. The molecule has 8 nitrogen and oxygen atoms in total. The minimum Gasteiger partial charge on any atom is -0.496 e. The summed E-state index contributed by atoms with van der Waals surface area (Å²) in [4.78, 5) is 40.5. The Morgan fingerprint density at radius 3 is 2.33 bits per heavy atom. The van der Waals surface area contributed by atoms with Gasteiger partial charge in [-0.1, -0.05) is 30.3 Å². The van der Waals surface area contributed by atoms with Crippen LogP contribution in [0.5, 0.6) is 5.75 Å². The Hall–Kier alpha value is -3.39. The molecular formula is C25H31N3O5. The summed E-state index contributed by atoms with van der Waals surface area (Å²) in [5, 5.41) is 5.75. The number of nitrogens with one attached hydrogen (secondary N) is 2. The number of amides is 3. The van der Waals surface area contributed by atoms with Gasteiger partial charge in [0, 0.05) is 32.3 Å². The minimum absolute atomic E-state index is 0.0954. The lowest BCUT2D eigenvalue weighted by atomic mass is 9.88. The average molecular weight is 454 g/mol. The number of para-hydroxylation sites is 1. The van der Waals surface area contributed by atoms with Crippen molar-refractivity contribution in [3.63, 3.8) is 0 Å². The van der Waals surface area contributed by atoms with Crippen LogP contribution >= 0.6 is 0 Å². The molecule has 2 aromatic rings. The summed E-state index contributed by atoms with van der Waals surface area (Å²) in [6, 6.07) is 15.3. The fourth-order valence-corrected chi connectivity index (χ4v) is 4.03. The Bertz CT molecular complexity index is 942. The van der Waals surface area contributed by atoms with Gasteiger partial charge in [-0.3, -0.25) is 14.4 Å². The second-order valence-corrected chi connectivity index (χ2v) is 7.93. The Balaban J connectivity index is 1.68. The molecule has 0 radical (unpaired) electrons. The third-order valence-electron chi connectivity index (χ3n) is 5.85. The number of nitrogens with zero attached hydrogens (tertiary/aromatic N) is 1. The first-order chi connectivity index (χ1) is 16.0. The van der Waals surface area contributed by atoms with Crippen molar-refractivity contribution in [2.45, 2.75) is 18.9 Å². The molecule has 2 aromatic carbocycles. The van der Waals surface area contributed by atoms with Gasteiger partial charge in [0.15, 0.2) is 0 Å². The van der Waals surface area contributed by atoms with Crippen LogP contribution in [0.1, 0.15) is 33.6 Å². The maximum Gasteiger partial charge on any atom is 0.257 e. The number of hydrogen-bond acceptors (Lipinski definition) is 5. The van der Waals surface area contributed by atoms with Crippen LogP contribution in [0.3, 0.4) is 0 Å². The van der Waals surface area contributed by atoms with E-state index in [0.29, 0.717) is 56.0 Å². The predicted octanol–water partition coefficient (Wildman–Crippen LogP) is 2.11. The normalized spacial score (nSPS) is 14.9. The molecule has 2 N–H and O–H groups in total. The number of likely N-dealkylation sites (tertiary alicyclic amines) is 1. The Morgan fingerprint density at radius 2 is 1.67 bits per heavy atom. The largest absolute Gasteiger partial charge is 0.496 e. The summed E-state index contributed by atoms with van der Waals surface area (Å²) in [7, 11) is 3.11. The third-order valence-corrected chi connectivity index (χ3v) is 5.85. The van der Waals surface area contributed by atoms with Gasteiger partial charge in [0.25, 0.3) is 11.8 Å². The second kappa shape index (κ2) is 12.0. The lowest BCUT2D eigenvalue weighted by Gasteiger charge is -2.36. The standard InChI is InChI=1S/C25H31N3O5/c1-32-17-14-26-24(30)22(27-23(29)19-8-4-3-5-9-19)18-12-15-28(16-13-18)25(31)20-10-6-7-11-21(20)33-2/h3-11,18,22H,12-17H2,1-2H3,(H,26,30)(H,27,29). The lowest BCUT2D eigenvalue weighted by Crippen LogP contribution is -2.54. The molecule has 8 heteroatoms. The molecule has 1 saturated heterocycles. The van der Waals surface area contributed by atoms with Crippen molar-refractivity contribution in [3.05, 3.63) is 65.7 Å². The van der Waals surface area contributed by atoms with Crippen LogP contribution in [0.15, 0.2) is 54.6 Å². The van der Waals surface area contributed by atoms with Crippen LogP contribution in [-0.4, -0.2) is 69.1 Å². The molecule has 1 heterocycles. The molecule has 1 atom stereocenters. The molecule has 0 spiro atoms. The van der Waals surface area contributed by atoms with Crippen molar-refractivity contribution in [2.75, 3.05) is 40.5 Å². The number of benzene rings is 2. The maximum atomic E-state index is 13.0. The smallest absolute Gasteiger partial charge is 0.257 e. The van der Waals surface area contributed by atoms with Gasteiger partial charge in [-0.25, -0.2) is 0 Å². The number of ether oxygens (including phenoxy) is 2. The SMILES string of the molecule is COCCNC(=O)C(NC(=O)c1ccccc1)C1CCN(C(=O)c2ccccc2OC)CC1. The topological polar surface area (TPSA) is 97.0 Å². The average Bonchev–Trinajstić information content (AvgIpc) is 2.87. The maximum absolute atomic E-state index is 13.0. The summed E-state index contributed by atoms with van der Waals surface area (Å²) in [5.74, 6) is -0.196. The molecule has 1 aliphatic heterocycles. The Labute approximate surface area is 194 Å². The summed E-state index contributed by atoms with van der Waals surface area (Å²) in [5.41, 5.74) is 1.01. The van der Waals surface area contributed by atoms with Gasteiger partial charge in [-0.2, -0.15) is 0 Å². The van der Waals surface area contributed by atoms with Gasteiger partial charge in [0.1, 0.15) is 11.8 Å². The minimum atomic E-state index is -0.696. The molecule has 3 rings (SSSR count). The van der Waals surface area contributed by atoms with E-state index in [9.17, 15) is 14.4 Å². The van der Waals surface area contributed by atoms with Gasteiger partial charge < -0.3 is 25.0 Å². The van der Waals surface area contributed by atoms with Crippen LogP contribution in [0.2, 0.25) is 0 Å². The highest BCUT2D eigenvalue weighted by Gasteiger charge is 2.34. The van der Waals surface area contributed by atoms with Gasteiger partial charge in [-0.05, 0) is 43.0 Å². The van der Waals surface area contributed by atoms with E-state index in [4.69, 9.17) is 9.47 Å². The number of methoxy groups -OCH3 is 2. The van der Waals surface area contributed by atoms with Crippen molar-refractivity contribution in [1.29, 1.82) is 0 Å². The molecule has 3 amide bonds. The number of carbonyl (C=O) groups is 3. The van der Waals surface area contributed by atoms with E-state index in [1.54, 1.807) is 55.5 Å². The highest BCUT2D eigenvalue weighted by atomic mass is 16.5. The van der Waals surface area contributed by atoms with Crippen LogP contribution < -0.4 is 15.4 Å². The molecule has 0 aliphatic carbocycles. The zero-order valence-electron chi connectivity index (χ0n) is 19.1. The number of piperidine rings is 1. The quantitative estimate of drug-likeness (QED) is 0.567. The van der Waals surface area contributed by atoms with Gasteiger partial charge in [-0.15, -0.1) is 0 Å².